The van der Waals surface area contributed by atoms with Gasteiger partial charge in [-0.3, -0.25) is 4.79 Å². The predicted molar refractivity (Wildman–Crippen MR) is 178 cm³/mol. The average Bonchev–Trinajstić information content (AvgIpc) is 2.95. The van der Waals surface area contributed by atoms with E-state index in [-0.39, 0.29) is 11.3 Å². The molecule has 0 amide bonds. The lowest BCUT2D eigenvalue weighted by molar-refractivity contribution is -0.475. The molecule has 6 nitrogen and oxygen atoms in total. The maximum absolute atomic E-state index is 13.3. The highest BCUT2D eigenvalue weighted by molar-refractivity contribution is 6.04. The fraction of sp³-hybridized carbons (Fsp3) is 0.784. The second kappa shape index (κ2) is 26.5. The molecule has 0 saturated heterocycles. The van der Waals surface area contributed by atoms with Gasteiger partial charge in [0, 0.05) is 18.9 Å². The van der Waals surface area contributed by atoms with E-state index in [4.69, 9.17) is 5.11 Å². The lowest BCUT2D eigenvalue weighted by atomic mass is 9.85. The van der Waals surface area contributed by atoms with Crippen LogP contribution in [0, 0.1) is 13.8 Å². The summed E-state index contributed by atoms with van der Waals surface area (Å²) in [7, 11) is 0. The molecule has 1 aromatic carbocycles. The van der Waals surface area contributed by atoms with Crippen LogP contribution >= 0.6 is 0 Å². The van der Waals surface area contributed by atoms with Crippen molar-refractivity contribution in [2.75, 3.05) is 0 Å². The molecule has 0 fully saturated rings. The summed E-state index contributed by atoms with van der Waals surface area (Å²) in [5.41, 5.74) is 5.11. The van der Waals surface area contributed by atoms with E-state index >= 15 is 0 Å². The van der Waals surface area contributed by atoms with Crippen molar-refractivity contribution in [1.29, 1.82) is 0 Å². The number of aliphatic hydroxyl groups excluding tert-OH is 1. The molecule has 43 heavy (non-hydrogen) atoms. The lowest BCUT2D eigenvalue weighted by Crippen LogP contribution is -2.58. The van der Waals surface area contributed by atoms with Crippen LogP contribution in [0.15, 0.2) is 0 Å². The number of aromatic carboxylic acids is 1. The van der Waals surface area contributed by atoms with Gasteiger partial charge in [0.2, 0.25) is 0 Å². The second-order valence-electron chi connectivity index (χ2n) is 12.6. The van der Waals surface area contributed by atoms with Crippen molar-refractivity contribution in [3.8, 4) is 5.75 Å². The zero-order chi connectivity index (χ0) is 32.5. The maximum atomic E-state index is 13.3. The fourth-order valence-electron chi connectivity index (χ4n) is 5.75. The zero-order valence-corrected chi connectivity index (χ0v) is 28.7. The van der Waals surface area contributed by atoms with Gasteiger partial charge in [-0.1, -0.05) is 147 Å². The van der Waals surface area contributed by atoms with E-state index in [1.807, 2.05) is 6.92 Å². The molecule has 0 heterocycles. The number of quaternary nitrogens is 1. The van der Waals surface area contributed by atoms with Crippen molar-refractivity contribution in [3.63, 3.8) is 0 Å². The predicted octanol–water partition coefficient (Wildman–Crippen LogP) is 8.99. The smallest absolute Gasteiger partial charge is 0.335 e. The highest BCUT2D eigenvalue weighted by atomic mass is 16.4. The van der Waals surface area contributed by atoms with Gasteiger partial charge in [0.1, 0.15) is 0 Å². The summed E-state index contributed by atoms with van der Waals surface area (Å²) in [4.78, 5) is 25.4. The number of hydrogen-bond donors (Lipinski definition) is 3. The summed E-state index contributed by atoms with van der Waals surface area (Å²) in [6.07, 6.45) is 26.0. The quantitative estimate of drug-likeness (QED) is 0.0582. The molecule has 0 spiro atoms. The molecule has 1 rings (SSSR count). The molecule has 0 radical (unpaired) electrons. The van der Waals surface area contributed by atoms with Gasteiger partial charge >= 0.3 is 5.97 Å². The van der Waals surface area contributed by atoms with Crippen LogP contribution in [-0.2, 0) is 6.42 Å². The summed E-state index contributed by atoms with van der Waals surface area (Å²) in [5.74, 6) is -1.62. The Hall–Kier alpha value is -1.92. The van der Waals surface area contributed by atoms with E-state index in [0.717, 1.165) is 38.5 Å². The highest BCUT2D eigenvalue weighted by Crippen LogP contribution is 2.33. The number of carbonyl (C=O) groups excluding carboxylic acids is 1. The zero-order valence-electron chi connectivity index (χ0n) is 28.7. The molecule has 0 aliphatic carbocycles. The normalized spacial score (nSPS) is 11.7. The van der Waals surface area contributed by atoms with Crippen LogP contribution in [0.5, 0.6) is 5.75 Å². The number of hydrogen-bond acceptors (Lipinski definition) is 4. The molecule has 0 aliphatic rings. The first-order valence-corrected chi connectivity index (χ1v) is 17.7. The standard InChI is InChI=1S/C35H60O4.C2H7NO/c1-5-7-9-11-13-14-15-16-17-18-19-21-22-24-26-30-32(28(3)29(4)34(37)33(30)35(38)39)31(36)27-25-23-20-12-10-8-6-2;1-2(3)4/h37H,5-27H2,1-4H3,(H,38,39);2,4H,3H2,1H3. The van der Waals surface area contributed by atoms with E-state index in [0.29, 0.717) is 35.1 Å². The van der Waals surface area contributed by atoms with Gasteiger partial charge in [-0.25, -0.2) is 4.79 Å². The Morgan fingerprint density at radius 2 is 1.00 bits per heavy atom. The Morgan fingerprint density at radius 1 is 0.651 bits per heavy atom. The van der Waals surface area contributed by atoms with Crippen LogP contribution in [0.4, 0.5) is 0 Å². The van der Waals surface area contributed by atoms with Gasteiger partial charge in [0.05, 0.1) is 5.56 Å². The molecule has 0 aliphatic heterocycles. The Balaban J connectivity index is 0.00000413. The highest BCUT2D eigenvalue weighted by Gasteiger charge is 2.23. The van der Waals surface area contributed by atoms with Crippen molar-refractivity contribution in [2.45, 2.75) is 189 Å². The average molecular weight is 606 g/mol. The molecule has 5 N–H and O–H groups in total. The number of rotatable bonds is 25. The second-order valence-corrected chi connectivity index (χ2v) is 12.6. The van der Waals surface area contributed by atoms with Gasteiger partial charge in [-0.05, 0) is 44.2 Å². The SMILES string of the molecule is CC([NH3+])O.CCCCCCCCCCCCCCCCc1c(C(=O)CCCCCCCCC)c(C)c(C)c([O-])c1C(=O)O. The molecule has 1 atom stereocenters. The Morgan fingerprint density at radius 3 is 1.37 bits per heavy atom. The number of Topliss-reactive ketones (excluding diaryl/α,β-unsaturated/α-hetero) is 1. The Labute approximate surface area is 264 Å². The minimum atomic E-state index is -1.20. The van der Waals surface area contributed by atoms with Crippen molar-refractivity contribution in [3.05, 3.63) is 27.8 Å². The molecular formula is C37H67NO5. The molecule has 6 heteroatoms. The summed E-state index contributed by atoms with van der Waals surface area (Å²) in [5, 5.41) is 30.7. The maximum Gasteiger partial charge on any atom is 0.335 e. The van der Waals surface area contributed by atoms with E-state index in [2.05, 4.69) is 19.6 Å². The van der Waals surface area contributed by atoms with Crippen molar-refractivity contribution in [1.82, 2.24) is 0 Å². The van der Waals surface area contributed by atoms with Gasteiger partial charge in [0.15, 0.2) is 12.0 Å². The van der Waals surface area contributed by atoms with Gasteiger partial charge in [-0.2, -0.15) is 0 Å². The van der Waals surface area contributed by atoms with E-state index in [1.54, 1.807) is 13.8 Å². The number of ketones is 1. The van der Waals surface area contributed by atoms with E-state index in [1.165, 1.54) is 96.3 Å². The number of unbranched alkanes of at least 4 members (excludes halogenated alkanes) is 19. The van der Waals surface area contributed by atoms with Crippen LogP contribution in [0.1, 0.15) is 199 Å². The molecule has 1 aromatic rings. The summed E-state index contributed by atoms with van der Waals surface area (Å²) >= 11 is 0. The van der Waals surface area contributed by atoms with Crippen LogP contribution in [-0.4, -0.2) is 28.2 Å². The lowest BCUT2D eigenvalue weighted by Gasteiger charge is -2.24. The third-order valence-electron chi connectivity index (χ3n) is 8.39. The van der Waals surface area contributed by atoms with Crippen LogP contribution in [0.3, 0.4) is 0 Å². The monoisotopic (exact) mass is 606 g/mol. The molecule has 1 unspecified atom stereocenters. The van der Waals surface area contributed by atoms with Gasteiger partial charge in [0.25, 0.3) is 0 Å². The fourth-order valence-corrected chi connectivity index (χ4v) is 5.75. The van der Waals surface area contributed by atoms with Crippen LogP contribution in [0.2, 0.25) is 0 Å². The van der Waals surface area contributed by atoms with Crippen LogP contribution in [0.25, 0.3) is 0 Å². The largest absolute Gasteiger partial charge is 0.872 e. The number of carboxylic acid groups (broad SMARTS) is 1. The van der Waals surface area contributed by atoms with E-state index < -0.39 is 17.9 Å². The van der Waals surface area contributed by atoms with Gasteiger partial charge in [-0.15, -0.1) is 0 Å². The first-order chi connectivity index (χ1) is 20.6. The number of benzene rings is 1. The first kappa shape index (κ1) is 41.1. The van der Waals surface area contributed by atoms with Crippen molar-refractivity contribution >= 4 is 11.8 Å². The number of carbonyl (C=O) groups is 2. The Kier molecular flexibility index (Phi) is 25.3. The molecule has 0 bridgehead atoms. The molecule has 250 valence electrons. The van der Waals surface area contributed by atoms with E-state index in [9.17, 15) is 19.8 Å². The first-order valence-electron chi connectivity index (χ1n) is 17.7. The molecule has 0 aromatic heterocycles. The molecular weight excluding hydrogens is 538 g/mol. The minimum absolute atomic E-state index is 0.00650. The Bertz CT molecular complexity index is 878. The van der Waals surface area contributed by atoms with Gasteiger partial charge < -0.3 is 21.1 Å². The summed E-state index contributed by atoms with van der Waals surface area (Å²) in [6.45, 7) is 9.55. The summed E-state index contributed by atoms with van der Waals surface area (Å²) in [6, 6.07) is 0. The summed E-state index contributed by atoms with van der Waals surface area (Å²) < 4.78 is 0. The number of aliphatic hydroxyl groups is 1. The van der Waals surface area contributed by atoms with Crippen LogP contribution < -0.4 is 10.8 Å². The third-order valence-corrected chi connectivity index (χ3v) is 8.39. The van der Waals surface area contributed by atoms with Crippen molar-refractivity contribution in [2.24, 2.45) is 0 Å². The molecule has 0 saturated carbocycles. The van der Waals surface area contributed by atoms with Crippen molar-refractivity contribution < 1.29 is 30.6 Å². The third kappa shape index (κ3) is 19.2. The number of carboxylic acids is 1. The topological polar surface area (TPSA) is 125 Å². The minimum Gasteiger partial charge on any atom is -0.872 e.